The molecule has 4 heterocycles. The molecule has 1 fully saturated rings. The van der Waals surface area contributed by atoms with Crippen LogP contribution in [0.4, 0.5) is 0 Å². The Labute approximate surface area is 205 Å². The smallest absolute Gasteiger partial charge is 0.336 e. The summed E-state index contributed by atoms with van der Waals surface area (Å²) in [4.78, 5) is 25.6. The lowest BCUT2D eigenvalue weighted by atomic mass is 10.0. The Balaban J connectivity index is 1.17. The fourth-order valence-electron chi connectivity index (χ4n) is 5.67. The molecular weight excluding hydrogens is 464 g/mol. The lowest BCUT2D eigenvalue weighted by Gasteiger charge is -2.30. The van der Waals surface area contributed by atoms with Gasteiger partial charge in [-0.3, -0.25) is 14.3 Å². The third kappa shape index (κ3) is 2.97. The highest BCUT2D eigenvalue weighted by Gasteiger charge is 2.48. The van der Waals surface area contributed by atoms with Gasteiger partial charge in [0.15, 0.2) is 10.9 Å². The van der Waals surface area contributed by atoms with Gasteiger partial charge in [-0.05, 0) is 48.2 Å². The average molecular weight is 487 g/mol. The van der Waals surface area contributed by atoms with Gasteiger partial charge in [-0.25, -0.2) is 9.36 Å². The molecule has 0 saturated carbocycles. The van der Waals surface area contributed by atoms with Crippen molar-refractivity contribution in [3.05, 3.63) is 94.0 Å². The summed E-state index contributed by atoms with van der Waals surface area (Å²) in [5.41, 5.74) is 3.20. The molecule has 2 atom stereocenters. The van der Waals surface area contributed by atoms with Crippen LogP contribution in [-0.2, 0) is 9.78 Å². The maximum atomic E-state index is 13.5. The fourth-order valence-corrected chi connectivity index (χ4v) is 5.95. The molecule has 1 aromatic heterocycles. The zero-order valence-electron chi connectivity index (χ0n) is 18.7. The quantitative estimate of drug-likeness (QED) is 0.431. The maximum Gasteiger partial charge on any atom is 0.336 e. The number of hydrogen-bond acceptors (Lipinski definition) is 5. The molecule has 1 saturated heterocycles. The normalized spacial score (nSPS) is 21.6. The molecule has 0 spiro atoms. The van der Waals surface area contributed by atoms with E-state index in [-0.39, 0.29) is 23.7 Å². The van der Waals surface area contributed by atoms with Crippen LogP contribution in [-0.4, -0.2) is 37.3 Å². The Hall–Kier alpha value is -3.98. The number of aromatic nitrogens is 2. The molecular formula is C26H22N4O4S. The molecule has 0 amide bonds. The van der Waals surface area contributed by atoms with Gasteiger partial charge >= 0.3 is 5.69 Å². The minimum absolute atomic E-state index is 0.0104. The molecule has 3 aromatic rings. The van der Waals surface area contributed by atoms with Gasteiger partial charge in [0, 0.05) is 24.0 Å². The minimum Gasteiger partial charge on any atom is -0.493 e. The van der Waals surface area contributed by atoms with Gasteiger partial charge in [-0.1, -0.05) is 42.5 Å². The summed E-state index contributed by atoms with van der Waals surface area (Å²) >= 11 is 5.73. The van der Waals surface area contributed by atoms with Crippen LogP contribution >= 0.6 is 12.2 Å². The van der Waals surface area contributed by atoms with Crippen molar-refractivity contribution in [1.82, 2.24) is 19.4 Å². The Morgan fingerprint density at radius 3 is 2.97 bits per heavy atom. The lowest BCUT2D eigenvalue weighted by molar-refractivity contribution is -0.192. The SMILES string of the molecule is O=c1n(-c2cccc3ccccc23)c(O)c2n1[C@H]1C[C@@H]2N(C(=S)NCC2=CCC3=COOC3=C2)C1. The molecule has 35 heavy (non-hydrogen) atoms. The highest BCUT2D eigenvalue weighted by atomic mass is 32.1. The zero-order chi connectivity index (χ0) is 23.7. The first-order valence-corrected chi connectivity index (χ1v) is 12.0. The molecule has 2 aromatic carbocycles. The summed E-state index contributed by atoms with van der Waals surface area (Å²) in [6, 6.07) is 13.5. The minimum atomic E-state index is -0.207. The van der Waals surface area contributed by atoms with Crippen LogP contribution in [0.5, 0.6) is 5.88 Å². The maximum absolute atomic E-state index is 13.5. The molecule has 2 bridgehead atoms. The van der Waals surface area contributed by atoms with Crippen molar-refractivity contribution in [3.63, 3.8) is 0 Å². The number of nitrogens with zero attached hydrogens (tertiary/aromatic N) is 3. The van der Waals surface area contributed by atoms with Gasteiger partial charge < -0.3 is 15.3 Å². The van der Waals surface area contributed by atoms with Gasteiger partial charge in [0.1, 0.15) is 12.0 Å². The van der Waals surface area contributed by atoms with E-state index in [4.69, 9.17) is 22.0 Å². The highest BCUT2D eigenvalue weighted by molar-refractivity contribution is 7.80. The number of benzene rings is 2. The van der Waals surface area contributed by atoms with Crippen LogP contribution in [0.25, 0.3) is 16.5 Å². The van der Waals surface area contributed by atoms with E-state index in [0.29, 0.717) is 29.6 Å². The number of allylic oxidation sites excluding steroid dienone is 2. The van der Waals surface area contributed by atoms with Crippen molar-refractivity contribution in [2.45, 2.75) is 24.9 Å². The standard InChI is InChI=1S/C26H22N4O4S/c31-24-23-21-11-18(13-28(21)25(35)27-12-15-8-9-17-14-33-34-22(17)10-15)29(23)26(32)30(24)20-7-3-5-16-4-1-2-6-19(16)20/h1-8,10,14,18,21,31H,9,11-13H2,(H,27,35)/t18-,21-/m0/s1. The van der Waals surface area contributed by atoms with E-state index in [1.165, 1.54) is 4.57 Å². The highest BCUT2D eigenvalue weighted by Crippen LogP contribution is 2.48. The molecule has 8 nitrogen and oxygen atoms in total. The number of likely N-dealkylation sites (tertiary alicyclic amines) is 1. The van der Waals surface area contributed by atoms with Crippen LogP contribution in [0.1, 0.15) is 30.6 Å². The van der Waals surface area contributed by atoms with Gasteiger partial charge in [-0.2, -0.15) is 0 Å². The summed E-state index contributed by atoms with van der Waals surface area (Å²) in [6.45, 7) is 1.19. The molecule has 7 rings (SSSR count). The molecule has 9 heteroatoms. The van der Waals surface area contributed by atoms with E-state index < -0.39 is 0 Å². The van der Waals surface area contributed by atoms with Crippen LogP contribution < -0.4 is 11.0 Å². The van der Waals surface area contributed by atoms with E-state index >= 15 is 0 Å². The van der Waals surface area contributed by atoms with Gasteiger partial charge in [0.2, 0.25) is 5.88 Å². The second-order valence-corrected chi connectivity index (χ2v) is 9.61. The molecule has 176 valence electrons. The van der Waals surface area contributed by atoms with E-state index in [1.807, 2.05) is 48.5 Å². The number of imidazole rings is 1. The van der Waals surface area contributed by atoms with Crippen LogP contribution in [0.3, 0.4) is 0 Å². The van der Waals surface area contributed by atoms with Gasteiger partial charge in [-0.15, -0.1) is 0 Å². The Morgan fingerprint density at radius 1 is 1.20 bits per heavy atom. The van der Waals surface area contributed by atoms with Crippen molar-refractivity contribution in [3.8, 4) is 11.6 Å². The summed E-state index contributed by atoms with van der Waals surface area (Å²) in [5, 5.41) is 17.2. The summed E-state index contributed by atoms with van der Waals surface area (Å²) in [6.07, 6.45) is 7.19. The van der Waals surface area contributed by atoms with E-state index in [1.54, 1.807) is 10.8 Å². The Kier molecular flexibility index (Phi) is 4.38. The van der Waals surface area contributed by atoms with Crippen molar-refractivity contribution in [1.29, 1.82) is 0 Å². The summed E-state index contributed by atoms with van der Waals surface area (Å²) < 4.78 is 3.19. The largest absolute Gasteiger partial charge is 0.493 e. The number of hydrogen-bond donors (Lipinski definition) is 2. The van der Waals surface area contributed by atoms with Crippen LogP contribution in [0.2, 0.25) is 0 Å². The Bertz CT molecular complexity index is 1560. The predicted molar refractivity (Wildman–Crippen MR) is 134 cm³/mol. The first-order chi connectivity index (χ1) is 17.1. The van der Waals surface area contributed by atoms with E-state index in [2.05, 4.69) is 16.3 Å². The number of fused-ring (bicyclic) bond motifs is 7. The molecule has 3 aliphatic heterocycles. The molecule has 4 aliphatic rings. The van der Waals surface area contributed by atoms with Gasteiger partial charge in [0.25, 0.3) is 0 Å². The molecule has 0 unspecified atom stereocenters. The van der Waals surface area contributed by atoms with Crippen molar-refractivity contribution >= 4 is 28.1 Å². The third-order valence-corrected chi connectivity index (χ3v) is 7.69. The number of nitrogens with one attached hydrogen (secondary N) is 1. The van der Waals surface area contributed by atoms with E-state index in [9.17, 15) is 9.90 Å². The first kappa shape index (κ1) is 20.4. The van der Waals surface area contributed by atoms with Crippen molar-refractivity contribution < 1.29 is 14.9 Å². The lowest BCUT2D eigenvalue weighted by Crippen LogP contribution is -2.43. The number of thiocarbonyl (C=S) groups is 1. The molecule has 0 radical (unpaired) electrons. The molecule has 2 N–H and O–H groups in total. The first-order valence-electron chi connectivity index (χ1n) is 11.6. The average Bonchev–Trinajstić information content (AvgIpc) is 3.65. The second kappa shape index (κ2) is 7.51. The summed E-state index contributed by atoms with van der Waals surface area (Å²) in [5.74, 6) is 0.725. The van der Waals surface area contributed by atoms with E-state index in [0.717, 1.165) is 40.5 Å². The molecule has 1 aliphatic carbocycles. The van der Waals surface area contributed by atoms with Crippen molar-refractivity contribution in [2.24, 2.45) is 0 Å². The third-order valence-electron chi connectivity index (χ3n) is 7.32. The van der Waals surface area contributed by atoms with Gasteiger partial charge in [0.05, 0.1) is 17.8 Å². The number of aromatic hydroxyl groups is 1. The second-order valence-electron chi connectivity index (χ2n) is 9.23. The summed E-state index contributed by atoms with van der Waals surface area (Å²) in [7, 11) is 0. The van der Waals surface area contributed by atoms with Crippen LogP contribution in [0.15, 0.2) is 82.6 Å². The Morgan fingerprint density at radius 2 is 2.06 bits per heavy atom. The predicted octanol–water partition coefficient (Wildman–Crippen LogP) is 3.73. The fraction of sp³-hybridized carbons (Fsp3) is 0.231. The van der Waals surface area contributed by atoms with Crippen LogP contribution in [0, 0.1) is 0 Å². The number of rotatable bonds is 3. The zero-order valence-corrected chi connectivity index (χ0v) is 19.5. The van der Waals surface area contributed by atoms with Crippen molar-refractivity contribution in [2.75, 3.05) is 13.1 Å². The monoisotopic (exact) mass is 486 g/mol. The topological polar surface area (TPSA) is 80.9 Å².